The number of carbonyl (C=O) groups excluding carboxylic acids is 1. The van der Waals surface area contributed by atoms with Crippen molar-refractivity contribution < 1.29 is 14.4 Å². The molecule has 1 N–H and O–H groups in total. The Morgan fingerprint density at radius 2 is 2.08 bits per heavy atom. The van der Waals surface area contributed by atoms with Gasteiger partial charge in [-0.25, -0.2) is 0 Å². The average molecular weight is 344 g/mol. The van der Waals surface area contributed by atoms with Crippen LogP contribution < -0.4 is 4.90 Å². The average Bonchev–Trinajstić information content (AvgIpc) is 3.05. The number of amides is 1. The summed E-state index contributed by atoms with van der Waals surface area (Å²) in [6.07, 6.45) is 1.44. The van der Waals surface area contributed by atoms with Crippen molar-refractivity contribution in [2.75, 3.05) is 32.1 Å². The number of aliphatic hydroxyl groups is 1. The molecular formula is C18H24N4O3. The van der Waals surface area contributed by atoms with Gasteiger partial charge in [-0.05, 0) is 19.8 Å². The molecule has 25 heavy (non-hydrogen) atoms. The van der Waals surface area contributed by atoms with Crippen molar-refractivity contribution in [3.8, 4) is 11.4 Å². The van der Waals surface area contributed by atoms with E-state index in [0.717, 1.165) is 12.0 Å². The van der Waals surface area contributed by atoms with Crippen molar-refractivity contribution in [3.63, 3.8) is 0 Å². The van der Waals surface area contributed by atoms with Gasteiger partial charge in [0, 0.05) is 26.2 Å². The minimum absolute atomic E-state index is 0.0878. The third-order valence-corrected chi connectivity index (χ3v) is 4.53. The molecule has 0 bridgehead atoms. The molecule has 0 saturated carbocycles. The van der Waals surface area contributed by atoms with E-state index in [1.165, 1.54) is 10.5 Å². The van der Waals surface area contributed by atoms with Crippen molar-refractivity contribution in [1.82, 2.24) is 15.0 Å². The minimum Gasteiger partial charge on any atom is -0.387 e. The topological polar surface area (TPSA) is 82.7 Å². The Morgan fingerprint density at radius 1 is 1.36 bits per heavy atom. The Balaban J connectivity index is 1.73. The van der Waals surface area contributed by atoms with E-state index in [1.807, 2.05) is 36.1 Å². The molecule has 7 nitrogen and oxygen atoms in total. The van der Waals surface area contributed by atoms with Gasteiger partial charge in [0.25, 0.3) is 0 Å². The second-order valence-corrected chi connectivity index (χ2v) is 6.98. The first-order valence-electron chi connectivity index (χ1n) is 8.44. The molecule has 0 spiro atoms. The standard InChI is InChI=1S/C18H24N4O3/c1-13-5-7-14(8-6-13)16-19-17(25-20-16)22-10-4-9-18(24,12-22)11-15(23)21(2)3/h5-8,24H,4,9-12H2,1-3H3. The van der Waals surface area contributed by atoms with Gasteiger partial charge in [0.1, 0.15) is 0 Å². The molecule has 0 aliphatic carbocycles. The molecule has 1 aromatic heterocycles. The SMILES string of the molecule is Cc1ccc(-c2noc(N3CCCC(O)(CC(=O)N(C)C)C3)n2)cc1. The van der Waals surface area contributed by atoms with E-state index in [2.05, 4.69) is 10.1 Å². The van der Waals surface area contributed by atoms with E-state index in [9.17, 15) is 9.90 Å². The number of aromatic nitrogens is 2. The van der Waals surface area contributed by atoms with Gasteiger partial charge in [-0.3, -0.25) is 4.79 Å². The first kappa shape index (κ1) is 17.4. The molecule has 7 heteroatoms. The van der Waals surface area contributed by atoms with E-state index in [4.69, 9.17) is 4.52 Å². The molecule has 2 aromatic rings. The van der Waals surface area contributed by atoms with Crippen LogP contribution in [0.2, 0.25) is 0 Å². The van der Waals surface area contributed by atoms with Crippen LogP contribution in [0.3, 0.4) is 0 Å². The second-order valence-electron chi connectivity index (χ2n) is 6.98. The van der Waals surface area contributed by atoms with Gasteiger partial charge in [-0.2, -0.15) is 4.98 Å². The lowest BCUT2D eigenvalue weighted by Crippen LogP contribution is -2.50. The summed E-state index contributed by atoms with van der Waals surface area (Å²) in [6.45, 7) is 3.05. The Bertz CT molecular complexity index is 741. The van der Waals surface area contributed by atoms with E-state index in [0.29, 0.717) is 31.3 Å². The summed E-state index contributed by atoms with van der Waals surface area (Å²) < 4.78 is 5.39. The highest BCUT2D eigenvalue weighted by molar-refractivity contribution is 5.76. The van der Waals surface area contributed by atoms with Gasteiger partial charge in [-0.1, -0.05) is 35.0 Å². The lowest BCUT2D eigenvalue weighted by atomic mass is 9.89. The lowest BCUT2D eigenvalue weighted by Gasteiger charge is -2.38. The van der Waals surface area contributed by atoms with Crippen LogP contribution in [0, 0.1) is 6.92 Å². The van der Waals surface area contributed by atoms with Crippen molar-refractivity contribution >= 4 is 11.9 Å². The highest BCUT2D eigenvalue weighted by atomic mass is 16.5. The van der Waals surface area contributed by atoms with Crippen LogP contribution in [0.4, 0.5) is 6.01 Å². The van der Waals surface area contributed by atoms with E-state index >= 15 is 0 Å². The number of carbonyl (C=O) groups is 1. The summed E-state index contributed by atoms with van der Waals surface area (Å²) in [5.41, 5.74) is 0.979. The van der Waals surface area contributed by atoms with Crippen LogP contribution >= 0.6 is 0 Å². The predicted molar refractivity (Wildman–Crippen MR) is 94.2 cm³/mol. The number of hydrogen-bond acceptors (Lipinski definition) is 6. The van der Waals surface area contributed by atoms with Gasteiger partial charge in [0.2, 0.25) is 11.7 Å². The molecular weight excluding hydrogens is 320 g/mol. The number of nitrogens with zero attached hydrogens (tertiary/aromatic N) is 4. The zero-order chi connectivity index (χ0) is 18.0. The van der Waals surface area contributed by atoms with Gasteiger partial charge in [0.15, 0.2) is 0 Å². The third kappa shape index (κ3) is 3.99. The Labute approximate surface area is 147 Å². The number of hydrogen-bond donors (Lipinski definition) is 1. The molecule has 1 fully saturated rings. The van der Waals surface area contributed by atoms with Gasteiger partial charge in [-0.15, -0.1) is 0 Å². The largest absolute Gasteiger partial charge is 0.387 e. The highest BCUT2D eigenvalue weighted by Crippen LogP contribution is 2.29. The Hall–Kier alpha value is -2.41. The number of β-amino-alcohol motifs (C(OH)–C–C–N with tert-alkyl or cyclic N) is 1. The quantitative estimate of drug-likeness (QED) is 0.911. The van der Waals surface area contributed by atoms with Crippen LogP contribution in [0.25, 0.3) is 11.4 Å². The number of rotatable bonds is 4. The minimum atomic E-state index is -1.07. The molecule has 1 aromatic carbocycles. The van der Waals surface area contributed by atoms with Crippen molar-refractivity contribution in [3.05, 3.63) is 29.8 Å². The van der Waals surface area contributed by atoms with E-state index in [-0.39, 0.29) is 12.3 Å². The van der Waals surface area contributed by atoms with Gasteiger partial charge in [0.05, 0.1) is 18.6 Å². The predicted octanol–water partition coefficient (Wildman–Crippen LogP) is 1.85. The van der Waals surface area contributed by atoms with Crippen molar-refractivity contribution in [1.29, 1.82) is 0 Å². The third-order valence-electron chi connectivity index (χ3n) is 4.53. The lowest BCUT2D eigenvalue weighted by molar-refractivity contribution is -0.134. The maximum absolute atomic E-state index is 12.0. The Morgan fingerprint density at radius 3 is 2.76 bits per heavy atom. The first-order chi connectivity index (χ1) is 11.9. The fourth-order valence-electron chi connectivity index (χ4n) is 3.02. The molecule has 1 aliphatic heterocycles. The molecule has 2 heterocycles. The number of aryl methyl sites for hydroxylation is 1. The van der Waals surface area contributed by atoms with Gasteiger partial charge < -0.3 is 19.4 Å². The van der Waals surface area contributed by atoms with Crippen LogP contribution in [-0.4, -0.2) is 58.8 Å². The van der Waals surface area contributed by atoms with Crippen molar-refractivity contribution in [2.24, 2.45) is 0 Å². The summed E-state index contributed by atoms with van der Waals surface area (Å²) in [6, 6.07) is 8.28. The molecule has 134 valence electrons. The number of piperidine rings is 1. The van der Waals surface area contributed by atoms with Gasteiger partial charge >= 0.3 is 6.01 Å². The van der Waals surface area contributed by atoms with Crippen LogP contribution in [-0.2, 0) is 4.79 Å². The zero-order valence-corrected chi connectivity index (χ0v) is 14.9. The van der Waals surface area contributed by atoms with Crippen LogP contribution in [0.5, 0.6) is 0 Å². The maximum atomic E-state index is 12.0. The number of anilines is 1. The van der Waals surface area contributed by atoms with Crippen molar-refractivity contribution in [2.45, 2.75) is 31.8 Å². The smallest absolute Gasteiger partial charge is 0.324 e. The summed E-state index contributed by atoms with van der Waals surface area (Å²) >= 11 is 0. The zero-order valence-electron chi connectivity index (χ0n) is 14.9. The monoisotopic (exact) mass is 344 g/mol. The Kier molecular flexibility index (Phi) is 4.76. The summed E-state index contributed by atoms with van der Waals surface area (Å²) in [7, 11) is 3.39. The molecule has 1 unspecified atom stereocenters. The summed E-state index contributed by atoms with van der Waals surface area (Å²) in [4.78, 5) is 19.8. The first-order valence-corrected chi connectivity index (χ1v) is 8.44. The fourth-order valence-corrected chi connectivity index (χ4v) is 3.02. The van der Waals surface area contributed by atoms with E-state index < -0.39 is 5.60 Å². The molecule has 1 amide bonds. The fraction of sp³-hybridized carbons (Fsp3) is 0.500. The molecule has 3 rings (SSSR count). The second kappa shape index (κ2) is 6.84. The molecule has 0 radical (unpaired) electrons. The number of benzene rings is 1. The normalized spacial score (nSPS) is 20.6. The summed E-state index contributed by atoms with van der Waals surface area (Å²) in [5, 5.41) is 14.8. The van der Waals surface area contributed by atoms with Crippen LogP contribution in [0.1, 0.15) is 24.8 Å². The maximum Gasteiger partial charge on any atom is 0.324 e. The van der Waals surface area contributed by atoms with Crippen LogP contribution in [0.15, 0.2) is 28.8 Å². The summed E-state index contributed by atoms with van der Waals surface area (Å²) in [5.74, 6) is 0.434. The molecule has 1 atom stereocenters. The molecule has 1 aliphatic rings. The van der Waals surface area contributed by atoms with E-state index in [1.54, 1.807) is 14.1 Å². The molecule has 1 saturated heterocycles. The highest BCUT2D eigenvalue weighted by Gasteiger charge is 2.37.